The van der Waals surface area contributed by atoms with Gasteiger partial charge in [-0.2, -0.15) is 0 Å². The molecule has 1 aromatic rings. The van der Waals surface area contributed by atoms with Crippen molar-refractivity contribution in [1.29, 1.82) is 0 Å². The molecule has 1 aromatic heterocycles. The fraction of sp³-hybridized carbons (Fsp3) is 0.375. The van der Waals surface area contributed by atoms with E-state index in [0.717, 1.165) is 12.6 Å². The van der Waals surface area contributed by atoms with Crippen molar-refractivity contribution < 1.29 is 4.79 Å². The van der Waals surface area contributed by atoms with Gasteiger partial charge in [0.05, 0.1) is 6.20 Å². The van der Waals surface area contributed by atoms with Gasteiger partial charge < -0.3 is 16.0 Å². The number of carbonyl (C=O) groups excluding carboxylic acids is 1. The lowest BCUT2D eigenvalue weighted by Gasteiger charge is -2.01. The van der Waals surface area contributed by atoms with Crippen molar-refractivity contribution in [2.45, 2.75) is 18.5 Å². The summed E-state index contributed by atoms with van der Waals surface area (Å²) in [4.78, 5) is 28.1. The zero-order chi connectivity index (χ0) is 10.1. The van der Waals surface area contributed by atoms with Gasteiger partial charge in [0.15, 0.2) is 0 Å². The van der Waals surface area contributed by atoms with Gasteiger partial charge in [-0.05, 0) is 6.42 Å². The number of carbonyl (C=O) groups is 1. The van der Waals surface area contributed by atoms with Crippen LogP contribution in [0.15, 0.2) is 17.2 Å². The number of nitrogens with zero attached hydrogens (tertiary/aromatic N) is 1. The van der Waals surface area contributed by atoms with Gasteiger partial charge in [-0.15, -0.1) is 0 Å². The molecule has 0 saturated heterocycles. The Labute approximate surface area is 79.5 Å². The predicted octanol–water partition coefficient (Wildman–Crippen LogP) is -1.40. The number of aromatic nitrogens is 2. The van der Waals surface area contributed by atoms with Crippen LogP contribution in [-0.2, 0) is 0 Å². The van der Waals surface area contributed by atoms with E-state index in [2.05, 4.69) is 15.3 Å². The van der Waals surface area contributed by atoms with Crippen molar-refractivity contribution >= 4 is 5.91 Å². The lowest BCUT2D eigenvalue weighted by atomic mass is 10.4. The van der Waals surface area contributed by atoms with Crippen LogP contribution >= 0.6 is 0 Å². The highest BCUT2D eigenvalue weighted by atomic mass is 16.2. The molecule has 1 aliphatic rings. The standard InChI is InChI=1S/C8H10N4O2/c9-4-1-5(4)12-8(14)6-2-11-7(13)3-10-6/h2-5H,1,9H2,(H,11,13)(H,12,14). The number of H-pyrrole nitrogens is 1. The molecule has 4 N–H and O–H groups in total. The molecule has 1 amide bonds. The number of hydrogen-bond acceptors (Lipinski definition) is 4. The maximum absolute atomic E-state index is 11.4. The molecule has 2 atom stereocenters. The van der Waals surface area contributed by atoms with E-state index in [-0.39, 0.29) is 29.2 Å². The Bertz CT molecular complexity index is 394. The first kappa shape index (κ1) is 8.89. The van der Waals surface area contributed by atoms with Gasteiger partial charge in [-0.1, -0.05) is 0 Å². The number of rotatable bonds is 2. The second kappa shape index (κ2) is 3.22. The zero-order valence-corrected chi connectivity index (χ0v) is 7.36. The summed E-state index contributed by atoms with van der Waals surface area (Å²) in [7, 11) is 0. The Hall–Kier alpha value is -1.69. The summed E-state index contributed by atoms with van der Waals surface area (Å²) < 4.78 is 0. The van der Waals surface area contributed by atoms with Crippen molar-refractivity contribution in [3.8, 4) is 0 Å². The van der Waals surface area contributed by atoms with Crippen LogP contribution in [0.2, 0.25) is 0 Å². The highest BCUT2D eigenvalue weighted by molar-refractivity contribution is 5.92. The lowest BCUT2D eigenvalue weighted by molar-refractivity contribution is 0.0945. The first-order chi connectivity index (χ1) is 6.66. The molecule has 0 spiro atoms. The van der Waals surface area contributed by atoms with E-state index in [0.29, 0.717) is 0 Å². The largest absolute Gasteiger partial charge is 0.346 e. The molecule has 1 fully saturated rings. The summed E-state index contributed by atoms with van der Waals surface area (Å²) in [6.45, 7) is 0. The zero-order valence-electron chi connectivity index (χ0n) is 7.36. The van der Waals surface area contributed by atoms with E-state index in [4.69, 9.17) is 5.73 Å². The first-order valence-electron chi connectivity index (χ1n) is 4.28. The fourth-order valence-corrected chi connectivity index (χ4v) is 1.09. The quantitative estimate of drug-likeness (QED) is 0.539. The molecular weight excluding hydrogens is 184 g/mol. The summed E-state index contributed by atoms with van der Waals surface area (Å²) in [6.07, 6.45) is 3.16. The molecule has 6 nitrogen and oxygen atoms in total. The number of amides is 1. The number of aromatic amines is 1. The third kappa shape index (κ3) is 1.80. The minimum atomic E-state index is -0.329. The minimum Gasteiger partial charge on any atom is -0.346 e. The molecule has 0 bridgehead atoms. The van der Waals surface area contributed by atoms with Crippen LogP contribution in [-0.4, -0.2) is 28.0 Å². The number of nitrogens with two attached hydrogens (primary N) is 1. The number of nitrogens with one attached hydrogen (secondary N) is 2. The molecule has 0 aromatic carbocycles. The summed E-state index contributed by atoms with van der Waals surface area (Å²) in [5.41, 5.74) is 5.39. The first-order valence-corrected chi connectivity index (χ1v) is 4.28. The van der Waals surface area contributed by atoms with Crippen LogP contribution in [0, 0.1) is 0 Å². The minimum absolute atomic E-state index is 0.0521. The second-order valence-corrected chi connectivity index (χ2v) is 3.28. The molecule has 6 heteroatoms. The van der Waals surface area contributed by atoms with Gasteiger partial charge in [0.25, 0.3) is 11.5 Å². The maximum atomic E-state index is 11.4. The van der Waals surface area contributed by atoms with E-state index >= 15 is 0 Å². The third-order valence-corrected chi connectivity index (χ3v) is 2.06. The van der Waals surface area contributed by atoms with E-state index in [1.165, 1.54) is 6.20 Å². The average Bonchev–Trinajstić information content (AvgIpc) is 2.82. The van der Waals surface area contributed by atoms with E-state index in [1.54, 1.807) is 0 Å². The van der Waals surface area contributed by atoms with Gasteiger partial charge >= 0.3 is 0 Å². The van der Waals surface area contributed by atoms with Crippen LogP contribution in [0.4, 0.5) is 0 Å². The average molecular weight is 194 g/mol. The molecular formula is C8H10N4O2. The smallest absolute Gasteiger partial charge is 0.271 e. The van der Waals surface area contributed by atoms with Gasteiger partial charge in [-0.25, -0.2) is 4.98 Å². The maximum Gasteiger partial charge on any atom is 0.271 e. The Morgan fingerprint density at radius 3 is 2.93 bits per heavy atom. The van der Waals surface area contributed by atoms with Crippen LogP contribution in [0.25, 0.3) is 0 Å². The molecule has 1 saturated carbocycles. The Morgan fingerprint density at radius 1 is 1.71 bits per heavy atom. The summed E-state index contributed by atoms with van der Waals surface area (Å²) in [6, 6.07) is 0.109. The molecule has 2 rings (SSSR count). The highest BCUT2D eigenvalue weighted by Crippen LogP contribution is 2.17. The lowest BCUT2D eigenvalue weighted by Crippen LogP contribution is -2.30. The van der Waals surface area contributed by atoms with Gasteiger partial charge in [0, 0.05) is 18.3 Å². The Morgan fingerprint density at radius 2 is 2.43 bits per heavy atom. The normalized spacial score (nSPS) is 24.4. The van der Waals surface area contributed by atoms with E-state index in [1.807, 2.05) is 0 Å². The van der Waals surface area contributed by atoms with Crippen LogP contribution < -0.4 is 16.6 Å². The van der Waals surface area contributed by atoms with E-state index in [9.17, 15) is 9.59 Å². The van der Waals surface area contributed by atoms with E-state index < -0.39 is 0 Å². The van der Waals surface area contributed by atoms with Gasteiger partial charge in [0.2, 0.25) is 0 Å². The third-order valence-electron chi connectivity index (χ3n) is 2.06. The molecule has 0 radical (unpaired) electrons. The highest BCUT2D eigenvalue weighted by Gasteiger charge is 2.35. The van der Waals surface area contributed by atoms with Crippen molar-refractivity contribution in [1.82, 2.24) is 15.3 Å². The van der Waals surface area contributed by atoms with Gasteiger partial charge in [-0.3, -0.25) is 9.59 Å². The molecule has 0 aliphatic heterocycles. The van der Waals surface area contributed by atoms with Crippen LogP contribution in [0.3, 0.4) is 0 Å². The number of hydrogen-bond donors (Lipinski definition) is 3. The predicted molar refractivity (Wildman–Crippen MR) is 48.7 cm³/mol. The Kier molecular flexibility index (Phi) is 2.05. The second-order valence-electron chi connectivity index (χ2n) is 3.28. The summed E-state index contributed by atoms with van der Waals surface area (Å²) >= 11 is 0. The topological polar surface area (TPSA) is 101 Å². The van der Waals surface area contributed by atoms with Crippen molar-refractivity contribution in [2.24, 2.45) is 5.73 Å². The molecule has 1 aliphatic carbocycles. The monoisotopic (exact) mass is 194 g/mol. The van der Waals surface area contributed by atoms with Gasteiger partial charge in [0.1, 0.15) is 5.69 Å². The molecule has 74 valence electrons. The van der Waals surface area contributed by atoms with Crippen molar-refractivity contribution in [2.75, 3.05) is 0 Å². The summed E-state index contributed by atoms with van der Waals surface area (Å²) in [5.74, 6) is -0.306. The Balaban J connectivity index is 2.04. The van der Waals surface area contributed by atoms with Crippen molar-refractivity contribution in [3.05, 3.63) is 28.4 Å². The molecule has 2 unspecified atom stereocenters. The molecule has 14 heavy (non-hydrogen) atoms. The fourth-order valence-electron chi connectivity index (χ4n) is 1.09. The molecule has 1 heterocycles. The van der Waals surface area contributed by atoms with Crippen LogP contribution in [0.5, 0.6) is 0 Å². The van der Waals surface area contributed by atoms with Crippen molar-refractivity contribution in [3.63, 3.8) is 0 Å². The van der Waals surface area contributed by atoms with Crippen LogP contribution in [0.1, 0.15) is 16.9 Å². The SMILES string of the molecule is NC1CC1NC(=O)c1c[nH]c(=O)cn1. The summed E-state index contributed by atoms with van der Waals surface area (Å²) in [5, 5.41) is 2.69.